The fourth-order valence-corrected chi connectivity index (χ4v) is 3.20. The van der Waals surface area contributed by atoms with Crippen molar-refractivity contribution in [3.05, 3.63) is 59.7 Å². The highest BCUT2D eigenvalue weighted by Gasteiger charge is 2.19. The van der Waals surface area contributed by atoms with Crippen molar-refractivity contribution in [2.75, 3.05) is 20.8 Å². The highest BCUT2D eigenvalue weighted by atomic mass is 16.5. The second kappa shape index (κ2) is 6.06. The van der Waals surface area contributed by atoms with Crippen LogP contribution in [0.25, 0.3) is 22.4 Å². The number of phenolic OH excluding ortho intramolecular Hbond substituents is 1. The zero-order valence-electron chi connectivity index (χ0n) is 14.1. The van der Waals surface area contributed by atoms with Crippen molar-refractivity contribution in [2.45, 2.75) is 0 Å². The Kier molecular flexibility index (Phi) is 3.73. The zero-order chi connectivity index (χ0) is 17.4. The molecule has 0 saturated heterocycles. The lowest BCUT2D eigenvalue weighted by atomic mass is 9.96. The lowest BCUT2D eigenvalue weighted by Crippen LogP contribution is -2.07. The Labute approximate surface area is 145 Å². The van der Waals surface area contributed by atoms with Crippen LogP contribution < -0.4 is 14.2 Å². The van der Waals surface area contributed by atoms with E-state index in [0.29, 0.717) is 23.7 Å². The summed E-state index contributed by atoms with van der Waals surface area (Å²) in [6.45, 7) is 0.383. The third-order valence-electron chi connectivity index (χ3n) is 4.48. The topological polar surface area (TPSA) is 47.9 Å². The number of methoxy groups -OCH3 is 2. The summed E-state index contributed by atoms with van der Waals surface area (Å²) in [6, 6.07) is 15.6. The largest absolute Gasteiger partial charge is 0.507 e. The van der Waals surface area contributed by atoms with Crippen LogP contribution in [0.3, 0.4) is 0 Å². The summed E-state index contributed by atoms with van der Waals surface area (Å²) in [5.41, 5.74) is 2.59. The molecule has 0 saturated carbocycles. The Morgan fingerprint density at radius 3 is 2.52 bits per heavy atom. The molecule has 4 rings (SSSR count). The van der Waals surface area contributed by atoms with Crippen molar-refractivity contribution in [1.82, 2.24) is 0 Å². The molecule has 0 amide bonds. The van der Waals surface area contributed by atoms with Crippen LogP contribution in [0.2, 0.25) is 0 Å². The van der Waals surface area contributed by atoms with Gasteiger partial charge in [0.1, 0.15) is 18.1 Å². The molecule has 0 unspecified atom stereocenters. The molecular weight excluding hydrogens is 316 g/mol. The summed E-state index contributed by atoms with van der Waals surface area (Å²) >= 11 is 0. The predicted molar refractivity (Wildman–Crippen MR) is 98.5 cm³/mol. The second-order valence-corrected chi connectivity index (χ2v) is 5.88. The predicted octanol–water partition coefficient (Wildman–Crippen LogP) is 4.50. The summed E-state index contributed by atoms with van der Waals surface area (Å²) in [6.07, 6.45) is 2.07. The fraction of sp³-hybridized carbons (Fsp3) is 0.143. The molecular formula is C21H18O4. The molecule has 1 aliphatic heterocycles. The number of ether oxygens (including phenoxy) is 3. The fourth-order valence-electron chi connectivity index (χ4n) is 3.20. The van der Waals surface area contributed by atoms with E-state index in [1.807, 2.05) is 18.2 Å². The van der Waals surface area contributed by atoms with Crippen LogP contribution in [0.1, 0.15) is 11.1 Å². The minimum absolute atomic E-state index is 0.135. The van der Waals surface area contributed by atoms with Crippen LogP contribution >= 0.6 is 0 Å². The second-order valence-electron chi connectivity index (χ2n) is 5.88. The average Bonchev–Trinajstić information content (AvgIpc) is 2.67. The van der Waals surface area contributed by atoms with Crippen LogP contribution in [0, 0.1) is 0 Å². The maximum Gasteiger partial charge on any atom is 0.164 e. The Balaban J connectivity index is 1.89. The van der Waals surface area contributed by atoms with Gasteiger partial charge in [-0.2, -0.15) is 0 Å². The molecule has 4 nitrogen and oxygen atoms in total. The quantitative estimate of drug-likeness (QED) is 0.766. The lowest BCUT2D eigenvalue weighted by molar-refractivity contribution is 0.349. The maximum absolute atomic E-state index is 10.4. The number of phenols is 1. The van der Waals surface area contributed by atoms with Crippen molar-refractivity contribution in [1.29, 1.82) is 0 Å². The minimum atomic E-state index is 0.135. The maximum atomic E-state index is 10.4. The monoisotopic (exact) mass is 334 g/mol. The molecule has 0 aromatic heterocycles. The summed E-state index contributed by atoms with van der Waals surface area (Å²) in [7, 11) is 3.12. The molecule has 0 radical (unpaired) electrons. The van der Waals surface area contributed by atoms with Gasteiger partial charge in [0.05, 0.1) is 14.2 Å². The van der Waals surface area contributed by atoms with Gasteiger partial charge in [-0.15, -0.1) is 0 Å². The summed E-state index contributed by atoms with van der Waals surface area (Å²) < 4.78 is 16.5. The highest BCUT2D eigenvalue weighted by molar-refractivity contribution is 5.99. The van der Waals surface area contributed by atoms with Gasteiger partial charge in [0.25, 0.3) is 0 Å². The molecule has 0 aliphatic carbocycles. The molecule has 3 aromatic carbocycles. The van der Waals surface area contributed by atoms with Gasteiger partial charge >= 0.3 is 0 Å². The number of rotatable bonds is 3. The van der Waals surface area contributed by atoms with E-state index in [1.54, 1.807) is 26.4 Å². The number of fused-ring (bicyclic) bond motifs is 3. The van der Waals surface area contributed by atoms with Crippen LogP contribution in [0.4, 0.5) is 0 Å². The third-order valence-corrected chi connectivity index (χ3v) is 4.48. The molecule has 0 fully saturated rings. The highest BCUT2D eigenvalue weighted by Crippen LogP contribution is 2.41. The Morgan fingerprint density at radius 2 is 1.72 bits per heavy atom. The standard InChI is InChI=1S/C21H18O4/c1-23-20-10-16(18(22)11-21(20)24-2)14-9-17-15-6-4-3-5-13(15)7-8-19(17)25-12-14/h3-11,22H,12H2,1-2H3. The van der Waals surface area contributed by atoms with E-state index < -0.39 is 0 Å². The lowest BCUT2D eigenvalue weighted by Gasteiger charge is -2.21. The molecule has 25 heavy (non-hydrogen) atoms. The first-order chi connectivity index (χ1) is 12.2. The molecule has 4 heteroatoms. The Morgan fingerprint density at radius 1 is 0.960 bits per heavy atom. The summed E-state index contributed by atoms with van der Waals surface area (Å²) in [5.74, 6) is 2.05. The number of hydrogen-bond donors (Lipinski definition) is 1. The van der Waals surface area contributed by atoms with Gasteiger partial charge in [0, 0.05) is 22.8 Å². The van der Waals surface area contributed by atoms with E-state index in [0.717, 1.165) is 27.7 Å². The van der Waals surface area contributed by atoms with Crippen molar-refractivity contribution >= 4 is 22.4 Å². The van der Waals surface area contributed by atoms with Gasteiger partial charge in [-0.3, -0.25) is 0 Å². The van der Waals surface area contributed by atoms with Crippen molar-refractivity contribution in [3.63, 3.8) is 0 Å². The normalized spacial score (nSPS) is 13.0. The zero-order valence-corrected chi connectivity index (χ0v) is 14.1. The van der Waals surface area contributed by atoms with Crippen LogP contribution in [-0.4, -0.2) is 25.9 Å². The van der Waals surface area contributed by atoms with Crippen molar-refractivity contribution < 1.29 is 19.3 Å². The first kappa shape index (κ1) is 15.4. The molecule has 1 heterocycles. The van der Waals surface area contributed by atoms with Gasteiger partial charge in [0.15, 0.2) is 11.5 Å². The van der Waals surface area contributed by atoms with E-state index in [9.17, 15) is 5.11 Å². The van der Waals surface area contributed by atoms with Gasteiger partial charge in [-0.05, 0) is 29.0 Å². The summed E-state index contributed by atoms with van der Waals surface area (Å²) in [5, 5.41) is 12.7. The van der Waals surface area contributed by atoms with Gasteiger partial charge < -0.3 is 19.3 Å². The molecule has 1 N–H and O–H groups in total. The molecule has 0 bridgehead atoms. The first-order valence-corrected chi connectivity index (χ1v) is 8.01. The Bertz CT molecular complexity index is 989. The van der Waals surface area contributed by atoms with Crippen molar-refractivity contribution in [2.24, 2.45) is 0 Å². The molecule has 126 valence electrons. The number of hydrogen-bond acceptors (Lipinski definition) is 4. The van der Waals surface area contributed by atoms with Crippen LogP contribution in [-0.2, 0) is 0 Å². The van der Waals surface area contributed by atoms with Gasteiger partial charge in [-0.25, -0.2) is 0 Å². The first-order valence-electron chi connectivity index (χ1n) is 8.01. The Hall–Kier alpha value is -3.14. The number of aromatic hydroxyl groups is 1. The van der Waals surface area contributed by atoms with E-state index in [1.165, 1.54) is 0 Å². The smallest absolute Gasteiger partial charge is 0.164 e. The molecule has 0 spiro atoms. The minimum Gasteiger partial charge on any atom is -0.507 e. The van der Waals surface area contributed by atoms with E-state index in [4.69, 9.17) is 14.2 Å². The van der Waals surface area contributed by atoms with Gasteiger partial charge in [0.2, 0.25) is 0 Å². The summed E-state index contributed by atoms with van der Waals surface area (Å²) in [4.78, 5) is 0. The van der Waals surface area contributed by atoms with Crippen LogP contribution in [0.15, 0.2) is 48.5 Å². The van der Waals surface area contributed by atoms with E-state index >= 15 is 0 Å². The van der Waals surface area contributed by atoms with Crippen LogP contribution in [0.5, 0.6) is 23.0 Å². The SMILES string of the molecule is COc1cc(O)c(C2=Cc3c(ccc4ccccc34)OC2)cc1OC. The molecule has 3 aromatic rings. The number of benzene rings is 3. The molecule has 0 atom stereocenters. The molecule has 1 aliphatic rings. The average molecular weight is 334 g/mol. The van der Waals surface area contributed by atoms with E-state index in [-0.39, 0.29) is 5.75 Å². The van der Waals surface area contributed by atoms with Crippen molar-refractivity contribution in [3.8, 4) is 23.0 Å². The van der Waals surface area contributed by atoms with Gasteiger partial charge in [-0.1, -0.05) is 30.3 Å². The third kappa shape index (κ3) is 2.56. The van der Waals surface area contributed by atoms with E-state index in [2.05, 4.69) is 24.3 Å².